The number of rotatable bonds is 45. The molecule has 0 fully saturated rings. The average molecular weight is 838 g/mol. The molecule has 0 heterocycles. The maximum absolute atomic E-state index is 12.7. The SMILES string of the molecule is CC/C=C\C/C=C\CCCCCCCCCCCCCCCC(O)C(=O)NC(CS(=O)(=O)O)C(O)/C=C/CCCCCCCCCCCCCCCCCCCCC. The van der Waals surface area contributed by atoms with Gasteiger partial charge in [-0.3, -0.25) is 9.35 Å². The van der Waals surface area contributed by atoms with Crippen LogP contribution in [0.25, 0.3) is 0 Å². The number of carbonyl (C=O) groups is 1. The number of aliphatic hydroxyl groups excluding tert-OH is 2. The van der Waals surface area contributed by atoms with E-state index in [0.717, 1.165) is 51.4 Å². The third kappa shape index (κ3) is 42.6. The first-order chi connectivity index (χ1) is 28.2. The maximum Gasteiger partial charge on any atom is 0.267 e. The second kappa shape index (κ2) is 43.6. The lowest BCUT2D eigenvalue weighted by atomic mass is 10.0. The molecule has 8 heteroatoms. The number of unbranched alkanes of at least 4 members (excludes halogenated alkanes) is 32. The third-order valence-corrected chi connectivity index (χ3v) is 12.2. The zero-order valence-corrected chi connectivity index (χ0v) is 38.9. The molecule has 3 atom stereocenters. The van der Waals surface area contributed by atoms with E-state index in [-0.39, 0.29) is 6.42 Å². The van der Waals surface area contributed by atoms with E-state index in [9.17, 15) is 28.0 Å². The fraction of sp³-hybridized carbons (Fsp3) is 0.860. The summed E-state index contributed by atoms with van der Waals surface area (Å²) in [7, 11) is -4.45. The van der Waals surface area contributed by atoms with Crippen molar-refractivity contribution in [3.05, 3.63) is 36.5 Å². The average Bonchev–Trinajstić information content (AvgIpc) is 3.19. The highest BCUT2D eigenvalue weighted by Crippen LogP contribution is 2.17. The molecule has 7 nitrogen and oxygen atoms in total. The summed E-state index contributed by atoms with van der Waals surface area (Å²) in [6.07, 6.45) is 54.9. The summed E-state index contributed by atoms with van der Waals surface area (Å²) >= 11 is 0. The Labute approximate surface area is 359 Å². The van der Waals surface area contributed by atoms with Crippen molar-refractivity contribution in [2.75, 3.05) is 5.75 Å². The summed E-state index contributed by atoms with van der Waals surface area (Å²) in [5.74, 6) is -1.53. The molecule has 0 aliphatic rings. The highest BCUT2D eigenvalue weighted by Gasteiger charge is 2.27. The Hall–Kier alpha value is -1.48. The van der Waals surface area contributed by atoms with E-state index in [1.807, 2.05) is 6.08 Å². The fourth-order valence-electron chi connectivity index (χ4n) is 7.67. The van der Waals surface area contributed by atoms with E-state index in [4.69, 9.17) is 0 Å². The van der Waals surface area contributed by atoms with Gasteiger partial charge in [0, 0.05) is 0 Å². The molecule has 0 aliphatic heterocycles. The zero-order valence-electron chi connectivity index (χ0n) is 38.0. The molecule has 0 radical (unpaired) electrons. The summed E-state index contributed by atoms with van der Waals surface area (Å²) in [6, 6.07) is -1.23. The lowest BCUT2D eigenvalue weighted by molar-refractivity contribution is -0.130. The molecular formula is C50H95NO6S. The molecule has 0 aromatic heterocycles. The van der Waals surface area contributed by atoms with E-state index in [1.54, 1.807) is 0 Å². The zero-order chi connectivity index (χ0) is 42.6. The molecule has 342 valence electrons. The van der Waals surface area contributed by atoms with E-state index >= 15 is 0 Å². The number of amides is 1. The van der Waals surface area contributed by atoms with Crippen LogP contribution in [0.1, 0.15) is 251 Å². The third-order valence-electron chi connectivity index (χ3n) is 11.4. The van der Waals surface area contributed by atoms with Crippen molar-refractivity contribution < 1.29 is 28.0 Å². The summed E-state index contributed by atoms with van der Waals surface area (Å²) in [4.78, 5) is 12.7. The van der Waals surface area contributed by atoms with Crippen LogP contribution in [-0.2, 0) is 14.9 Å². The van der Waals surface area contributed by atoms with Gasteiger partial charge in [0.1, 0.15) is 6.10 Å². The van der Waals surface area contributed by atoms with Gasteiger partial charge in [-0.05, 0) is 44.9 Å². The second-order valence-corrected chi connectivity index (χ2v) is 18.7. The number of nitrogens with one attached hydrogen (secondary N) is 1. The van der Waals surface area contributed by atoms with Gasteiger partial charge in [0.2, 0.25) is 5.91 Å². The Balaban J connectivity index is 3.90. The van der Waals surface area contributed by atoms with Crippen LogP contribution in [0.2, 0.25) is 0 Å². The highest BCUT2D eigenvalue weighted by atomic mass is 32.2. The number of allylic oxidation sites excluding steroid dienone is 5. The number of hydrogen-bond acceptors (Lipinski definition) is 5. The molecule has 0 aromatic rings. The molecule has 0 spiro atoms. The molecule has 4 N–H and O–H groups in total. The predicted molar refractivity (Wildman–Crippen MR) is 250 cm³/mol. The summed E-state index contributed by atoms with van der Waals surface area (Å²) in [6.45, 7) is 4.44. The maximum atomic E-state index is 12.7. The Morgan fingerprint density at radius 1 is 0.500 bits per heavy atom. The van der Waals surface area contributed by atoms with E-state index < -0.39 is 40.0 Å². The molecular weight excluding hydrogens is 743 g/mol. The minimum absolute atomic E-state index is 0.280. The highest BCUT2D eigenvalue weighted by molar-refractivity contribution is 7.85. The Kier molecular flexibility index (Phi) is 42.5. The summed E-state index contributed by atoms with van der Waals surface area (Å²) in [5.41, 5.74) is 0. The van der Waals surface area contributed by atoms with Gasteiger partial charge < -0.3 is 15.5 Å². The topological polar surface area (TPSA) is 124 Å². The summed E-state index contributed by atoms with van der Waals surface area (Å²) < 4.78 is 32.7. The molecule has 0 rings (SSSR count). The molecule has 58 heavy (non-hydrogen) atoms. The van der Waals surface area contributed by atoms with E-state index in [2.05, 4.69) is 43.5 Å². The second-order valence-electron chi connectivity index (χ2n) is 17.2. The van der Waals surface area contributed by atoms with Crippen LogP contribution in [0.5, 0.6) is 0 Å². The van der Waals surface area contributed by atoms with Crippen molar-refractivity contribution in [2.45, 2.75) is 270 Å². The standard InChI is InChI=1S/C50H95NO6S/c1-3-5-7-9-11-13-15-17-19-21-23-25-27-28-30-32-34-36-38-40-42-44-48(52)47(46-58(55,56)57)51-50(54)49(53)45-43-41-39-37-35-33-31-29-26-24-22-20-18-16-14-12-10-8-6-4-2/h6,8,12,14,42,44,47-49,52-53H,3-5,7,9-11,13,15-41,43,45-46H2,1-2H3,(H,51,54)(H,55,56,57)/b8-6-,14-12-,44-42+. The van der Waals surface area contributed by atoms with Gasteiger partial charge in [-0.1, -0.05) is 243 Å². The number of aliphatic hydroxyl groups is 2. The van der Waals surface area contributed by atoms with Crippen molar-refractivity contribution >= 4 is 16.0 Å². The normalized spacial score (nSPS) is 13.9. The molecule has 0 aromatic carbocycles. The monoisotopic (exact) mass is 838 g/mol. The lowest BCUT2D eigenvalue weighted by Crippen LogP contribution is -2.50. The van der Waals surface area contributed by atoms with Crippen molar-refractivity contribution in [1.29, 1.82) is 0 Å². The Morgan fingerprint density at radius 2 is 0.862 bits per heavy atom. The quantitative estimate of drug-likeness (QED) is 0.0275. The van der Waals surface area contributed by atoms with Gasteiger partial charge in [0.25, 0.3) is 10.1 Å². The first kappa shape index (κ1) is 56.5. The summed E-state index contributed by atoms with van der Waals surface area (Å²) in [5, 5.41) is 23.5. The fourth-order valence-corrected chi connectivity index (χ4v) is 8.41. The van der Waals surface area contributed by atoms with Crippen LogP contribution < -0.4 is 5.32 Å². The molecule has 1 amide bonds. The molecule has 3 unspecified atom stereocenters. The smallest absolute Gasteiger partial charge is 0.267 e. The van der Waals surface area contributed by atoms with Gasteiger partial charge in [-0.15, -0.1) is 0 Å². The van der Waals surface area contributed by atoms with Crippen LogP contribution in [0.3, 0.4) is 0 Å². The first-order valence-electron chi connectivity index (χ1n) is 24.8. The number of carbonyl (C=O) groups excluding carboxylic acids is 1. The molecule has 0 saturated heterocycles. The van der Waals surface area contributed by atoms with E-state index in [0.29, 0.717) is 6.42 Å². The minimum atomic E-state index is -4.45. The van der Waals surface area contributed by atoms with Gasteiger partial charge in [0.15, 0.2) is 0 Å². The van der Waals surface area contributed by atoms with Crippen LogP contribution in [0.4, 0.5) is 0 Å². The Bertz CT molecular complexity index is 1070. The van der Waals surface area contributed by atoms with Gasteiger partial charge in [0.05, 0.1) is 17.9 Å². The van der Waals surface area contributed by atoms with Gasteiger partial charge in [-0.25, -0.2) is 0 Å². The van der Waals surface area contributed by atoms with Crippen molar-refractivity contribution in [2.24, 2.45) is 0 Å². The van der Waals surface area contributed by atoms with Crippen molar-refractivity contribution in [1.82, 2.24) is 5.32 Å². The van der Waals surface area contributed by atoms with Crippen LogP contribution in [-0.4, -0.2) is 53.1 Å². The van der Waals surface area contributed by atoms with Gasteiger partial charge >= 0.3 is 0 Å². The molecule has 0 aliphatic carbocycles. The molecule has 0 saturated carbocycles. The minimum Gasteiger partial charge on any atom is -0.387 e. The number of hydrogen-bond donors (Lipinski definition) is 4. The predicted octanol–water partition coefficient (Wildman–Crippen LogP) is 14.2. The Morgan fingerprint density at radius 3 is 1.26 bits per heavy atom. The largest absolute Gasteiger partial charge is 0.387 e. The van der Waals surface area contributed by atoms with Crippen LogP contribution >= 0.6 is 0 Å². The van der Waals surface area contributed by atoms with Crippen LogP contribution in [0, 0.1) is 0 Å². The van der Waals surface area contributed by atoms with Gasteiger partial charge in [-0.2, -0.15) is 8.42 Å². The lowest BCUT2D eigenvalue weighted by Gasteiger charge is -2.22. The first-order valence-corrected chi connectivity index (χ1v) is 26.4. The van der Waals surface area contributed by atoms with Crippen molar-refractivity contribution in [3.8, 4) is 0 Å². The molecule has 0 bridgehead atoms. The van der Waals surface area contributed by atoms with Crippen molar-refractivity contribution in [3.63, 3.8) is 0 Å². The van der Waals surface area contributed by atoms with E-state index in [1.165, 1.54) is 179 Å². The van der Waals surface area contributed by atoms with Crippen LogP contribution in [0.15, 0.2) is 36.5 Å².